The van der Waals surface area contributed by atoms with Crippen LogP contribution in [0.5, 0.6) is 0 Å². The fourth-order valence-electron chi connectivity index (χ4n) is 4.65. The Hall–Kier alpha value is -0.520. The second-order valence-electron chi connectivity index (χ2n) is 13.7. The molecule has 34 heavy (non-hydrogen) atoms. The van der Waals surface area contributed by atoms with E-state index < -0.39 is 0 Å². The standard InChI is InChI=1S/C34H66/c1-14-34(13,24-22-33(12)32(11)20-18-29(8)26(4)5)23-21-27(6)15-16-30(9)31(10)19-17-28(7)25(2)3/h14,21,23,25-33H,1,15-20,22,24H2,2-13H3/b23-21+/t27-,28-,29+,30-,31+,32-,33+,34+/m1/s1. The van der Waals surface area contributed by atoms with Gasteiger partial charge in [-0.2, -0.15) is 0 Å². The van der Waals surface area contributed by atoms with Crippen LogP contribution in [0.15, 0.2) is 24.8 Å². The Morgan fingerprint density at radius 2 is 0.882 bits per heavy atom. The largest absolute Gasteiger partial charge is 0.102 e. The lowest BCUT2D eigenvalue weighted by Crippen LogP contribution is -2.16. The van der Waals surface area contributed by atoms with Crippen LogP contribution in [0.3, 0.4) is 0 Å². The summed E-state index contributed by atoms with van der Waals surface area (Å²) in [4.78, 5) is 0. The first-order valence-electron chi connectivity index (χ1n) is 15.0. The summed E-state index contributed by atoms with van der Waals surface area (Å²) in [5.74, 6) is 7.21. The highest BCUT2D eigenvalue weighted by atomic mass is 14.3. The molecule has 0 radical (unpaired) electrons. The van der Waals surface area contributed by atoms with Gasteiger partial charge >= 0.3 is 0 Å². The van der Waals surface area contributed by atoms with Crippen molar-refractivity contribution >= 4 is 0 Å². The zero-order valence-corrected chi connectivity index (χ0v) is 25.8. The molecule has 0 N–H and O–H groups in total. The third-order valence-corrected chi connectivity index (χ3v) is 9.86. The summed E-state index contributed by atoms with van der Waals surface area (Å²) < 4.78 is 0. The molecular weight excluding hydrogens is 408 g/mol. The van der Waals surface area contributed by atoms with E-state index in [4.69, 9.17) is 0 Å². The van der Waals surface area contributed by atoms with Crippen LogP contribution >= 0.6 is 0 Å². The van der Waals surface area contributed by atoms with E-state index in [0.717, 1.165) is 47.3 Å². The summed E-state index contributed by atoms with van der Waals surface area (Å²) in [6.07, 6.45) is 17.8. The van der Waals surface area contributed by atoms with E-state index >= 15 is 0 Å². The Kier molecular flexibility index (Phi) is 16.8. The topological polar surface area (TPSA) is 0 Å². The maximum atomic E-state index is 4.21. The van der Waals surface area contributed by atoms with E-state index in [1.165, 1.54) is 51.4 Å². The van der Waals surface area contributed by atoms with Gasteiger partial charge in [0, 0.05) is 5.41 Å². The molecule has 0 rings (SSSR count). The summed E-state index contributed by atoms with van der Waals surface area (Å²) in [7, 11) is 0. The summed E-state index contributed by atoms with van der Waals surface area (Å²) in [6.45, 7) is 33.1. The molecule has 0 saturated carbocycles. The van der Waals surface area contributed by atoms with Gasteiger partial charge in [-0.15, -0.1) is 6.58 Å². The van der Waals surface area contributed by atoms with Crippen molar-refractivity contribution in [1.29, 1.82) is 0 Å². The molecule has 0 unspecified atom stereocenters. The highest BCUT2D eigenvalue weighted by Gasteiger charge is 2.22. The Labute approximate surface area is 217 Å². The van der Waals surface area contributed by atoms with Crippen LogP contribution in [0.4, 0.5) is 0 Å². The first kappa shape index (κ1) is 33.5. The Bertz CT molecular complexity index is 540. The lowest BCUT2D eigenvalue weighted by atomic mass is 9.78. The second-order valence-corrected chi connectivity index (χ2v) is 13.7. The van der Waals surface area contributed by atoms with Gasteiger partial charge in [-0.25, -0.2) is 0 Å². The molecule has 0 aliphatic heterocycles. The van der Waals surface area contributed by atoms with Gasteiger partial charge in [0.25, 0.3) is 0 Å². The molecule has 0 aliphatic rings. The van der Waals surface area contributed by atoms with E-state index in [1.54, 1.807) is 0 Å². The summed E-state index contributed by atoms with van der Waals surface area (Å²) in [6, 6.07) is 0. The Morgan fingerprint density at radius 3 is 1.26 bits per heavy atom. The van der Waals surface area contributed by atoms with E-state index in [-0.39, 0.29) is 5.41 Å². The molecule has 0 aromatic heterocycles. The third-order valence-electron chi connectivity index (χ3n) is 9.86. The maximum Gasteiger partial charge on any atom is 0.00302 e. The molecule has 0 aliphatic carbocycles. The summed E-state index contributed by atoms with van der Waals surface area (Å²) in [5.41, 5.74) is 0.124. The van der Waals surface area contributed by atoms with E-state index in [2.05, 4.69) is 108 Å². The lowest BCUT2D eigenvalue weighted by Gasteiger charge is -2.28. The minimum absolute atomic E-state index is 0.124. The molecule has 0 saturated heterocycles. The minimum atomic E-state index is 0.124. The Balaban J connectivity index is 4.52. The van der Waals surface area contributed by atoms with Gasteiger partial charge in [0.1, 0.15) is 0 Å². The van der Waals surface area contributed by atoms with Crippen molar-refractivity contribution in [2.24, 2.45) is 58.7 Å². The predicted octanol–water partition coefficient (Wildman–Crippen LogP) is 11.6. The predicted molar refractivity (Wildman–Crippen MR) is 158 cm³/mol. The normalized spacial score (nSPS) is 20.6. The van der Waals surface area contributed by atoms with Crippen molar-refractivity contribution < 1.29 is 0 Å². The molecule has 0 aromatic carbocycles. The minimum Gasteiger partial charge on any atom is -0.102 e. The number of rotatable bonds is 19. The Morgan fingerprint density at radius 1 is 0.529 bits per heavy atom. The smallest absolute Gasteiger partial charge is 0.00302 e. The van der Waals surface area contributed by atoms with Crippen molar-refractivity contribution in [3.63, 3.8) is 0 Å². The molecule has 0 heterocycles. The molecule has 0 fully saturated rings. The number of allylic oxidation sites excluding steroid dienone is 3. The highest BCUT2D eigenvalue weighted by molar-refractivity contribution is 5.08. The van der Waals surface area contributed by atoms with E-state index in [9.17, 15) is 0 Å². The van der Waals surface area contributed by atoms with Crippen molar-refractivity contribution in [2.45, 2.75) is 134 Å². The monoisotopic (exact) mass is 475 g/mol. The molecule has 0 nitrogen and oxygen atoms in total. The van der Waals surface area contributed by atoms with Crippen LogP contribution in [-0.4, -0.2) is 0 Å². The zero-order chi connectivity index (χ0) is 26.5. The van der Waals surface area contributed by atoms with E-state index in [1.807, 2.05) is 0 Å². The van der Waals surface area contributed by atoms with Gasteiger partial charge in [-0.3, -0.25) is 0 Å². The third kappa shape index (κ3) is 14.1. The van der Waals surface area contributed by atoms with Crippen LogP contribution in [0.1, 0.15) is 134 Å². The van der Waals surface area contributed by atoms with E-state index in [0.29, 0.717) is 5.92 Å². The molecule has 0 heteroatoms. The van der Waals surface area contributed by atoms with Crippen molar-refractivity contribution in [3.05, 3.63) is 24.8 Å². The fraction of sp³-hybridized carbons (Fsp3) is 0.882. The van der Waals surface area contributed by atoms with Crippen molar-refractivity contribution in [1.82, 2.24) is 0 Å². The van der Waals surface area contributed by atoms with Gasteiger partial charge < -0.3 is 0 Å². The lowest BCUT2D eigenvalue weighted by molar-refractivity contribution is 0.273. The van der Waals surface area contributed by atoms with Gasteiger partial charge in [0.05, 0.1) is 0 Å². The van der Waals surface area contributed by atoms with Gasteiger partial charge in [-0.05, 0) is 78.9 Å². The van der Waals surface area contributed by atoms with Crippen LogP contribution in [-0.2, 0) is 0 Å². The molecule has 8 atom stereocenters. The molecular formula is C34H66. The first-order valence-corrected chi connectivity index (χ1v) is 15.0. The number of hydrogen-bond acceptors (Lipinski definition) is 0. The highest BCUT2D eigenvalue weighted by Crippen LogP contribution is 2.33. The number of hydrogen-bond donors (Lipinski definition) is 0. The maximum absolute atomic E-state index is 4.21. The van der Waals surface area contributed by atoms with Crippen molar-refractivity contribution in [3.8, 4) is 0 Å². The first-order chi connectivity index (χ1) is 15.7. The summed E-state index contributed by atoms with van der Waals surface area (Å²) in [5, 5.41) is 0. The fourth-order valence-corrected chi connectivity index (χ4v) is 4.65. The SMILES string of the molecule is C=C[C@@](C)(/C=C/[C@H](C)CC[C@@H](C)[C@@H](C)CC[C@@H](C)C(C)C)CC[C@H](C)[C@H](C)CC[C@H](C)C(C)C. The zero-order valence-electron chi connectivity index (χ0n) is 25.8. The molecule has 0 bridgehead atoms. The average Bonchev–Trinajstić information content (AvgIpc) is 2.80. The molecule has 202 valence electrons. The summed E-state index contributed by atoms with van der Waals surface area (Å²) >= 11 is 0. The van der Waals surface area contributed by atoms with Crippen LogP contribution in [0.25, 0.3) is 0 Å². The average molecular weight is 475 g/mol. The van der Waals surface area contributed by atoms with Gasteiger partial charge in [0.2, 0.25) is 0 Å². The molecule has 0 aromatic rings. The molecule has 0 amide bonds. The van der Waals surface area contributed by atoms with Crippen LogP contribution < -0.4 is 0 Å². The van der Waals surface area contributed by atoms with Crippen molar-refractivity contribution in [2.75, 3.05) is 0 Å². The molecule has 0 spiro atoms. The van der Waals surface area contributed by atoms with Gasteiger partial charge in [0.15, 0.2) is 0 Å². The van der Waals surface area contributed by atoms with Crippen LogP contribution in [0.2, 0.25) is 0 Å². The second kappa shape index (κ2) is 17.0. The van der Waals surface area contributed by atoms with Crippen LogP contribution in [0, 0.1) is 58.7 Å². The van der Waals surface area contributed by atoms with Gasteiger partial charge in [-0.1, -0.05) is 127 Å². The quantitative estimate of drug-likeness (QED) is 0.163.